The molecule has 0 spiro atoms. The van der Waals surface area contributed by atoms with Crippen LogP contribution in [0, 0.1) is 0 Å². The summed E-state index contributed by atoms with van der Waals surface area (Å²) in [5, 5.41) is 0.544. The van der Waals surface area contributed by atoms with Gasteiger partial charge in [-0.05, 0) is 30.0 Å². The van der Waals surface area contributed by atoms with Gasteiger partial charge in [-0.25, -0.2) is 4.98 Å². The second-order valence-electron chi connectivity index (χ2n) is 7.15. The summed E-state index contributed by atoms with van der Waals surface area (Å²) >= 11 is 0. The first-order valence-corrected chi connectivity index (χ1v) is 9.89. The van der Waals surface area contributed by atoms with Gasteiger partial charge in [-0.15, -0.1) is 0 Å². The SMILES string of the molecule is COC(=O)CCCc1ccc(-c2cc(=O)c3cc(-c4cocn4)c(OC)cc3[nH]2)cc1. The molecule has 0 saturated carbocycles. The van der Waals surface area contributed by atoms with Crippen LogP contribution in [0.1, 0.15) is 18.4 Å². The molecule has 2 heterocycles. The Bertz CT molecular complexity index is 1260. The molecule has 2 aromatic carbocycles. The normalized spacial score (nSPS) is 10.9. The van der Waals surface area contributed by atoms with Crippen LogP contribution in [0.5, 0.6) is 5.75 Å². The maximum absolute atomic E-state index is 12.8. The summed E-state index contributed by atoms with van der Waals surface area (Å²) in [5.74, 6) is 0.391. The predicted molar refractivity (Wildman–Crippen MR) is 117 cm³/mol. The number of hydrogen-bond acceptors (Lipinski definition) is 6. The zero-order valence-electron chi connectivity index (χ0n) is 17.3. The Morgan fingerprint density at radius 3 is 2.61 bits per heavy atom. The number of carbonyl (C=O) groups is 1. The Kier molecular flexibility index (Phi) is 5.84. The number of fused-ring (bicyclic) bond motifs is 1. The third-order valence-electron chi connectivity index (χ3n) is 5.20. The number of hydrogen-bond donors (Lipinski definition) is 1. The van der Waals surface area contributed by atoms with E-state index in [2.05, 4.69) is 14.7 Å². The van der Waals surface area contributed by atoms with Crippen molar-refractivity contribution in [2.75, 3.05) is 14.2 Å². The van der Waals surface area contributed by atoms with Crippen LogP contribution in [-0.2, 0) is 16.0 Å². The number of H-pyrrole nitrogens is 1. The Hall–Kier alpha value is -3.87. The Balaban J connectivity index is 1.64. The Morgan fingerprint density at radius 1 is 1.13 bits per heavy atom. The van der Waals surface area contributed by atoms with Gasteiger partial charge >= 0.3 is 5.97 Å². The van der Waals surface area contributed by atoms with E-state index >= 15 is 0 Å². The number of carbonyl (C=O) groups excluding carboxylic acids is 1. The molecule has 2 aromatic heterocycles. The lowest BCUT2D eigenvalue weighted by atomic mass is 10.0. The molecule has 1 N–H and O–H groups in total. The van der Waals surface area contributed by atoms with Gasteiger partial charge in [-0.1, -0.05) is 24.3 Å². The van der Waals surface area contributed by atoms with E-state index in [9.17, 15) is 9.59 Å². The van der Waals surface area contributed by atoms with E-state index in [0.29, 0.717) is 34.3 Å². The van der Waals surface area contributed by atoms with Crippen LogP contribution >= 0.6 is 0 Å². The van der Waals surface area contributed by atoms with Crippen molar-refractivity contribution in [2.24, 2.45) is 0 Å². The predicted octanol–water partition coefficient (Wildman–Crippen LogP) is 4.35. The quantitative estimate of drug-likeness (QED) is 0.448. The lowest BCUT2D eigenvalue weighted by molar-refractivity contribution is -0.140. The third kappa shape index (κ3) is 4.35. The molecule has 0 aliphatic rings. The Labute approximate surface area is 178 Å². The smallest absolute Gasteiger partial charge is 0.305 e. The summed E-state index contributed by atoms with van der Waals surface area (Å²) in [6, 6.07) is 13.1. The molecule has 31 heavy (non-hydrogen) atoms. The third-order valence-corrected chi connectivity index (χ3v) is 5.20. The van der Waals surface area contributed by atoms with E-state index in [1.807, 2.05) is 24.3 Å². The molecule has 7 heteroatoms. The molecule has 0 unspecified atom stereocenters. The highest BCUT2D eigenvalue weighted by Gasteiger charge is 2.13. The molecule has 0 amide bonds. The van der Waals surface area contributed by atoms with E-state index in [4.69, 9.17) is 9.15 Å². The fourth-order valence-corrected chi connectivity index (χ4v) is 3.54. The molecule has 0 radical (unpaired) electrons. The van der Waals surface area contributed by atoms with Crippen LogP contribution < -0.4 is 10.2 Å². The lowest BCUT2D eigenvalue weighted by Gasteiger charge is -2.10. The van der Waals surface area contributed by atoms with Gasteiger partial charge in [0, 0.05) is 35.2 Å². The number of nitrogens with zero attached hydrogens (tertiary/aromatic N) is 1. The minimum absolute atomic E-state index is 0.0988. The molecule has 0 aliphatic carbocycles. The van der Waals surface area contributed by atoms with E-state index in [0.717, 1.165) is 29.7 Å². The number of nitrogens with one attached hydrogen (secondary N) is 1. The topological polar surface area (TPSA) is 94.4 Å². The molecule has 158 valence electrons. The average Bonchev–Trinajstić information content (AvgIpc) is 3.33. The van der Waals surface area contributed by atoms with Crippen LogP contribution in [0.25, 0.3) is 33.4 Å². The van der Waals surface area contributed by atoms with E-state index in [1.54, 1.807) is 25.3 Å². The number of aryl methyl sites for hydroxylation is 1. The highest BCUT2D eigenvalue weighted by molar-refractivity contribution is 5.88. The van der Waals surface area contributed by atoms with Crippen molar-refractivity contribution in [1.82, 2.24) is 9.97 Å². The molecule has 4 aromatic rings. The molecular weight excluding hydrogens is 396 g/mol. The molecule has 0 fully saturated rings. The number of benzene rings is 2. The zero-order chi connectivity index (χ0) is 21.8. The summed E-state index contributed by atoms with van der Waals surface area (Å²) in [6.45, 7) is 0. The number of aromatic amines is 1. The number of aromatic nitrogens is 2. The van der Waals surface area contributed by atoms with Gasteiger partial charge < -0.3 is 18.9 Å². The van der Waals surface area contributed by atoms with Gasteiger partial charge in [0.2, 0.25) is 0 Å². The van der Waals surface area contributed by atoms with Crippen LogP contribution in [0.4, 0.5) is 0 Å². The van der Waals surface area contributed by atoms with Crippen molar-refractivity contribution in [1.29, 1.82) is 0 Å². The number of pyridine rings is 1. The summed E-state index contributed by atoms with van der Waals surface area (Å²) < 4.78 is 15.2. The average molecular weight is 418 g/mol. The minimum Gasteiger partial charge on any atom is -0.496 e. The van der Waals surface area contributed by atoms with Crippen LogP contribution in [0.15, 0.2) is 64.3 Å². The second kappa shape index (κ2) is 8.87. The summed E-state index contributed by atoms with van der Waals surface area (Å²) in [7, 11) is 2.97. The van der Waals surface area contributed by atoms with Crippen LogP contribution in [0.3, 0.4) is 0 Å². The minimum atomic E-state index is -0.201. The monoisotopic (exact) mass is 418 g/mol. The molecule has 0 bridgehead atoms. The fourth-order valence-electron chi connectivity index (χ4n) is 3.54. The van der Waals surface area contributed by atoms with Gasteiger partial charge in [-0.3, -0.25) is 9.59 Å². The van der Waals surface area contributed by atoms with Gasteiger partial charge in [0.25, 0.3) is 0 Å². The number of oxazole rings is 1. The lowest BCUT2D eigenvalue weighted by Crippen LogP contribution is -2.04. The zero-order valence-corrected chi connectivity index (χ0v) is 17.3. The number of esters is 1. The number of ether oxygens (including phenoxy) is 2. The number of methoxy groups -OCH3 is 2. The first-order valence-electron chi connectivity index (χ1n) is 9.89. The first-order chi connectivity index (χ1) is 15.1. The van der Waals surface area contributed by atoms with Gasteiger partial charge in [0.15, 0.2) is 11.8 Å². The van der Waals surface area contributed by atoms with Crippen molar-refractivity contribution in [2.45, 2.75) is 19.3 Å². The molecule has 7 nitrogen and oxygen atoms in total. The highest BCUT2D eigenvalue weighted by atomic mass is 16.5. The van der Waals surface area contributed by atoms with Crippen molar-refractivity contribution in [3.05, 3.63) is 70.9 Å². The van der Waals surface area contributed by atoms with Crippen molar-refractivity contribution >= 4 is 16.9 Å². The van der Waals surface area contributed by atoms with E-state index in [-0.39, 0.29) is 11.4 Å². The van der Waals surface area contributed by atoms with Crippen molar-refractivity contribution in [3.8, 4) is 28.3 Å². The van der Waals surface area contributed by atoms with Crippen LogP contribution in [0.2, 0.25) is 0 Å². The molecule has 4 rings (SSSR count). The molecule has 0 atom stereocenters. The van der Waals surface area contributed by atoms with Gasteiger partial charge in [0.05, 0.1) is 19.7 Å². The first kappa shape index (κ1) is 20.4. The summed E-state index contributed by atoms with van der Waals surface area (Å²) in [4.78, 5) is 31.6. The van der Waals surface area contributed by atoms with Crippen molar-refractivity contribution in [3.63, 3.8) is 0 Å². The molecule has 0 aliphatic heterocycles. The second-order valence-corrected chi connectivity index (χ2v) is 7.15. The van der Waals surface area contributed by atoms with Gasteiger partial charge in [-0.2, -0.15) is 0 Å². The maximum atomic E-state index is 12.8. The molecular formula is C24H22N2O5. The standard InChI is InChI=1S/C24H22N2O5/c1-29-23-12-20-17(10-18(23)21-13-31-14-25-21)22(27)11-19(26-20)16-8-6-15(7-9-16)4-3-5-24(28)30-2/h6-14H,3-5H2,1-2H3,(H,26,27). The Morgan fingerprint density at radius 2 is 1.94 bits per heavy atom. The fraction of sp³-hybridized carbons (Fsp3) is 0.208. The largest absolute Gasteiger partial charge is 0.496 e. The van der Waals surface area contributed by atoms with E-state index in [1.165, 1.54) is 19.8 Å². The molecule has 0 saturated heterocycles. The highest BCUT2D eigenvalue weighted by Crippen LogP contribution is 2.32. The summed E-state index contributed by atoms with van der Waals surface area (Å²) in [5.41, 5.74) is 4.61. The van der Waals surface area contributed by atoms with Gasteiger partial charge in [0.1, 0.15) is 17.7 Å². The van der Waals surface area contributed by atoms with E-state index < -0.39 is 0 Å². The van der Waals surface area contributed by atoms with Crippen LogP contribution in [-0.4, -0.2) is 30.2 Å². The van der Waals surface area contributed by atoms with Crippen molar-refractivity contribution < 1.29 is 18.7 Å². The maximum Gasteiger partial charge on any atom is 0.305 e. The number of rotatable bonds is 7. The summed E-state index contributed by atoms with van der Waals surface area (Å²) in [6.07, 6.45) is 4.76.